The molecule has 0 bridgehead atoms. The van der Waals surface area contributed by atoms with Crippen LogP contribution in [0.1, 0.15) is 11.1 Å². The van der Waals surface area contributed by atoms with E-state index in [0.29, 0.717) is 0 Å². The van der Waals surface area contributed by atoms with Crippen molar-refractivity contribution in [2.45, 2.75) is 17.7 Å². The van der Waals surface area contributed by atoms with Gasteiger partial charge in [0.05, 0.1) is 5.69 Å². The Bertz CT molecular complexity index is 529. The number of hydrogen-bond acceptors (Lipinski definition) is 3. The van der Waals surface area contributed by atoms with Gasteiger partial charge in [0.2, 0.25) is 0 Å². The molecule has 0 saturated heterocycles. The summed E-state index contributed by atoms with van der Waals surface area (Å²) in [7, 11) is 0. The van der Waals surface area contributed by atoms with Crippen molar-refractivity contribution < 1.29 is 0 Å². The highest BCUT2D eigenvalue weighted by molar-refractivity contribution is 7.98. The van der Waals surface area contributed by atoms with Gasteiger partial charge in [0.25, 0.3) is 0 Å². The fourth-order valence-corrected chi connectivity index (χ4v) is 2.64. The molecule has 1 heterocycles. The summed E-state index contributed by atoms with van der Waals surface area (Å²) in [6.07, 6.45) is 1.82. The third-order valence-electron chi connectivity index (χ3n) is 2.34. The second-order valence-corrected chi connectivity index (χ2v) is 5.16. The molecule has 0 aliphatic heterocycles. The number of nitrogen functional groups attached to an aromatic ring is 1. The van der Waals surface area contributed by atoms with E-state index in [9.17, 15) is 0 Å². The average Bonchev–Trinajstić information content (AvgIpc) is 2.30. The summed E-state index contributed by atoms with van der Waals surface area (Å²) in [5.41, 5.74) is 8.80. The fraction of sp³-hybridized carbons (Fsp3) is 0.154. The van der Waals surface area contributed by atoms with E-state index in [2.05, 4.69) is 4.98 Å². The second kappa shape index (κ2) is 5.43. The summed E-state index contributed by atoms with van der Waals surface area (Å²) in [5.74, 6) is 0.778. The Labute approximate surface area is 110 Å². The lowest BCUT2D eigenvalue weighted by molar-refractivity contribution is 1.11. The first kappa shape index (κ1) is 12.3. The molecule has 1 aromatic heterocycles. The first-order valence-corrected chi connectivity index (χ1v) is 6.61. The zero-order chi connectivity index (χ0) is 12.3. The maximum atomic E-state index is 6.09. The molecule has 0 amide bonds. The quantitative estimate of drug-likeness (QED) is 0.854. The van der Waals surface area contributed by atoms with Gasteiger partial charge in [0.15, 0.2) is 0 Å². The number of aryl methyl sites for hydroxylation is 1. The average molecular weight is 265 g/mol. The van der Waals surface area contributed by atoms with E-state index in [1.54, 1.807) is 11.8 Å². The number of aromatic nitrogens is 1. The highest BCUT2D eigenvalue weighted by Gasteiger charge is 2.04. The van der Waals surface area contributed by atoms with Gasteiger partial charge in [0.1, 0.15) is 5.03 Å². The largest absolute Gasteiger partial charge is 0.397 e. The molecule has 0 fully saturated rings. The molecule has 0 unspecified atom stereocenters. The molecule has 2 aromatic rings. The van der Waals surface area contributed by atoms with Crippen LogP contribution in [0.25, 0.3) is 0 Å². The normalized spacial score (nSPS) is 10.5. The predicted molar refractivity (Wildman–Crippen MR) is 74.4 cm³/mol. The number of hydrogen-bond donors (Lipinski definition) is 1. The summed E-state index contributed by atoms with van der Waals surface area (Å²) >= 11 is 7.69. The van der Waals surface area contributed by atoms with Crippen LogP contribution in [0.4, 0.5) is 5.69 Å². The van der Waals surface area contributed by atoms with E-state index in [-0.39, 0.29) is 0 Å². The summed E-state index contributed by atoms with van der Waals surface area (Å²) in [6, 6.07) is 9.74. The van der Waals surface area contributed by atoms with E-state index >= 15 is 0 Å². The molecule has 0 atom stereocenters. The van der Waals surface area contributed by atoms with Gasteiger partial charge in [-0.25, -0.2) is 4.98 Å². The molecule has 0 saturated carbocycles. The molecule has 0 aliphatic carbocycles. The Hall–Kier alpha value is -1.19. The zero-order valence-electron chi connectivity index (χ0n) is 9.48. The Balaban J connectivity index is 2.10. The third kappa shape index (κ3) is 3.14. The van der Waals surface area contributed by atoms with Gasteiger partial charge in [-0.15, -0.1) is 0 Å². The number of nitrogens with zero attached hydrogens (tertiary/aromatic N) is 1. The molecular weight excluding hydrogens is 252 g/mol. The van der Waals surface area contributed by atoms with Crippen LogP contribution in [0.15, 0.2) is 41.6 Å². The van der Waals surface area contributed by atoms with Crippen molar-refractivity contribution in [1.82, 2.24) is 4.98 Å². The van der Waals surface area contributed by atoms with Crippen molar-refractivity contribution in [3.63, 3.8) is 0 Å². The van der Waals surface area contributed by atoms with Crippen molar-refractivity contribution >= 4 is 29.1 Å². The highest BCUT2D eigenvalue weighted by atomic mass is 35.5. The van der Waals surface area contributed by atoms with Gasteiger partial charge in [-0.1, -0.05) is 41.6 Å². The molecular formula is C13H13ClN2S. The van der Waals surface area contributed by atoms with Crippen LogP contribution in [0.5, 0.6) is 0 Å². The van der Waals surface area contributed by atoms with Gasteiger partial charge in [-0.2, -0.15) is 0 Å². The molecule has 0 aliphatic rings. The summed E-state index contributed by atoms with van der Waals surface area (Å²) < 4.78 is 0. The fourth-order valence-electron chi connectivity index (χ4n) is 1.46. The molecule has 4 heteroatoms. The number of thioether (sulfide) groups is 1. The van der Waals surface area contributed by atoms with Gasteiger partial charge in [0, 0.05) is 17.0 Å². The highest BCUT2D eigenvalue weighted by Crippen LogP contribution is 2.28. The van der Waals surface area contributed by atoms with Gasteiger partial charge in [-0.05, 0) is 30.2 Å². The third-order valence-corrected chi connectivity index (χ3v) is 3.78. The van der Waals surface area contributed by atoms with Crippen molar-refractivity contribution in [3.8, 4) is 0 Å². The topological polar surface area (TPSA) is 38.9 Å². The van der Waals surface area contributed by atoms with Crippen LogP contribution in [-0.2, 0) is 5.75 Å². The van der Waals surface area contributed by atoms with Crippen molar-refractivity contribution in [2.24, 2.45) is 0 Å². The van der Waals surface area contributed by atoms with Gasteiger partial charge < -0.3 is 5.73 Å². The van der Waals surface area contributed by atoms with Crippen molar-refractivity contribution in [2.75, 3.05) is 5.73 Å². The SMILES string of the molecule is Cc1cnc(SCc2ccccc2Cl)c(N)c1. The molecule has 0 radical (unpaired) electrons. The monoisotopic (exact) mass is 264 g/mol. The molecule has 1 aromatic carbocycles. The summed E-state index contributed by atoms with van der Waals surface area (Å²) in [6.45, 7) is 1.98. The minimum Gasteiger partial charge on any atom is -0.397 e. The molecule has 17 heavy (non-hydrogen) atoms. The maximum Gasteiger partial charge on any atom is 0.119 e. The number of anilines is 1. The summed E-state index contributed by atoms with van der Waals surface area (Å²) in [5, 5.41) is 1.64. The number of nitrogens with two attached hydrogens (primary N) is 1. The molecule has 88 valence electrons. The van der Waals surface area contributed by atoms with Crippen molar-refractivity contribution in [3.05, 3.63) is 52.7 Å². The van der Waals surface area contributed by atoms with E-state index in [4.69, 9.17) is 17.3 Å². The minimum absolute atomic E-state index is 0.724. The van der Waals surface area contributed by atoms with Crippen molar-refractivity contribution in [1.29, 1.82) is 0 Å². The molecule has 0 spiro atoms. The lowest BCUT2D eigenvalue weighted by Crippen LogP contribution is -1.93. The first-order valence-electron chi connectivity index (χ1n) is 5.25. The second-order valence-electron chi connectivity index (χ2n) is 3.79. The number of halogens is 1. The first-order chi connectivity index (χ1) is 8.16. The lowest BCUT2D eigenvalue weighted by atomic mass is 10.2. The maximum absolute atomic E-state index is 6.09. The number of rotatable bonds is 3. The van der Waals surface area contributed by atoms with Crippen LogP contribution in [-0.4, -0.2) is 4.98 Å². The van der Waals surface area contributed by atoms with Gasteiger partial charge >= 0.3 is 0 Å². The molecule has 2 rings (SSSR count). The van der Waals surface area contributed by atoms with E-state index in [1.165, 1.54) is 0 Å². The van der Waals surface area contributed by atoms with E-state index in [0.717, 1.165) is 32.6 Å². The Kier molecular flexibility index (Phi) is 3.92. The minimum atomic E-state index is 0.724. The molecule has 2 nitrogen and oxygen atoms in total. The smallest absolute Gasteiger partial charge is 0.119 e. The lowest BCUT2D eigenvalue weighted by Gasteiger charge is -2.06. The van der Waals surface area contributed by atoms with Crippen LogP contribution in [0, 0.1) is 6.92 Å². The Morgan fingerprint density at radius 3 is 2.82 bits per heavy atom. The number of benzene rings is 1. The Morgan fingerprint density at radius 1 is 1.35 bits per heavy atom. The van der Waals surface area contributed by atoms with E-state index < -0.39 is 0 Å². The summed E-state index contributed by atoms with van der Waals surface area (Å²) in [4.78, 5) is 4.32. The van der Waals surface area contributed by atoms with Crippen LogP contribution < -0.4 is 5.73 Å². The van der Waals surface area contributed by atoms with Crippen LogP contribution in [0.3, 0.4) is 0 Å². The Morgan fingerprint density at radius 2 is 2.12 bits per heavy atom. The number of pyridine rings is 1. The predicted octanol–water partition coefficient (Wildman–Crippen LogP) is 3.92. The standard InChI is InChI=1S/C13H13ClN2S/c1-9-6-12(15)13(16-7-9)17-8-10-4-2-3-5-11(10)14/h2-7H,8,15H2,1H3. The van der Waals surface area contributed by atoms with Crippen LogP contribution in [0.2, 0.25) is 5.02 Å². The zero-order valence-corrected chi connectivity index (χ0v) is 11.1. The van der Waals surface area contributed by atoms with Crippen LogP contribution >= 0.6 is 23.4 Å². The molecule has 2 N–H and O–H groups in total. The van der Waals surface area contributed by atoms with E-state index in [1.807, 2.05) is 43.5 Å². The van der Waals surface area contributed by atoms with Gasteiger partial charge in [-0.3, -0.25) is 0 Å².